The highest BCUT2D eigenvalue weighted by atomic mass is 16.5. The Bertz CT molecular complexity index is 564. The first-order valence-electron chi connectivity index (χ1n) is 7.43. The number of hydrogen-bond donors (Lipinski definition) is 1. The van der Waals surface area contributed by atoms with E-state index >= 15 is 0 Å². The van der Waals surface area contributed by atoms with Crippen LogP contribution in [0.5, 0.6) is 0 Å². The van der Waals surface area contributed by atoms with Crippen molar-refractivity contribution in [3.63, 3.8) is 0 Å². The summed E-state index contributed by atoms with van der Waals surface area (Å²) in [6.45, 7) is 2.71. The van der Waals surface area contributed by atoms with E-state index in [9.17, 15) is 0 Å². The number of nitrogens with zero attached hydrogens (tertiary/aromatic N) is 2. The Morgan fingerprint density at radius 2 is 2.20 bits per heavy atom. The first kappa shape index (κ1) is 13.3. The zero-order valence-electron chi connectivity index (χ0n) is 11.9. The molecule has 1 aliphatic carbocycles. The monoisotopic (exact) mass is 271 g/mol. The molecule has 3 rings (SSSR count). The lowest BCUT2D eigenvalue weighted by atomic mass is 9.99. The van der Waals surface area contributed by atoms with Crippen molar-refractivity contribution in [3.8, 4) is 0 Å². The zero-order valence-corrected chi connectivity index (χ0v) is 11.9. The summed E-state index contributed by atoms with van der Waals surface area (Å²) in [7, 11) is 0. The number of hydrogen-bond acceptors (Lipinski definition) is 4. The second-order valence-electron chi connectivity index (χ2n) is 5.43. The Morgan fingerprint density at radius 3 is 3.05 bits per heavy atom. The molecule has 0 spiro atoms. The van der Waals surface area contributed by atoms with Crippen molar-refractivity contribution in [2.45, 2.75) is 45.1 Å². The second-order valence-corrected chi connectivity index (χ2v) is 5.43. The van der Waals surface area contributed by atoms with Gasteiger partial charge in [0.1, 0.15) is 0 Å². The molecule has 0 saturated carbocycles. The summed E-state index contributed by atoms with van der Waals surface area (Å²) in [6.07, 6.45) is 5.81. The predicted octanol–water partition coefficient (Wildman–Crippen LogP) is 2.98. The molecule has 4 nitrogen and oxygen atoms in total. The lowest BCUT2D eigenvalue weighted by Gasteiger charge is -2.19. The van der Waals surface area contributed by atoms with E-state index in [4.69, 9.17) is 4.52 Å². The summed E-state index contributed by atoms with van der Waals surface area (Å²) in [5.41, 5.74) is 2.96. The fourth-order valence-corrected chi connectivity index (χ4v) is 2.93. The highest BCUT2D eigenvalue weighted by molar-refractivity contribution is 5.31. The van der Waals surface area contributed by atoms with Gasteiger partial charge in [-0.15, -0.1) is 0 Å². The molecule has 1 aromatic heterocycles. The average Bonchev–Trinajstić information content (AvgIpc) is 2.76. The molecule has 1 aliphatic rings. The quantitative estimate of drug-likeness (QED) is 0.869. The van der Waals surface area contributed by atoms with E-state index in [2.05, 4.69) is 39.7 Å². The average molecular weight is 271 g/mol. The van der Waals surface area contributed by atoms with Crippen LogP contribution < -0.4 is 5.32 Å². The Hall–Kier alpha value is -1.68. The maximum Gasteiger partial charge on any atom is 0.223 e. The lowest BCUT2D eigenvalue weighted by molar-refractivity contribution is 0.386. The summed E-state index contributed by atoms with van der Waals surface area (Å²) < 4.78 is 4.99. The van der Waals surface area contributed by atoms with Crippen molar-refractivity contribution in [1.29, 1.82) is 0 Å². The van der Waals surface area contributed by atoms with Crippen LogP contribution in [0.2, 0.25) is 0 Å². The lowest BCUT2D eigenvalue weighted by Crippen LogP contribution is -2.24. The number of fused-ring (bicyclic) bond motifs is 1. The zero-order chi connectivity index (χ0) is 13.8. The van der Waals surface area contributed by atoms with Crippen molar-refractivity contribution in [3.05, 3.63) is 47.1 Å². The van der Waals surface area contributed by atoms with Crippen LogP contribution in [0.1, 0.15) is 48.1 Å². The minimum absolute atomic E-state index is 0.460. The van der Waals surface area contributed by atoms with Crippen LogP contribution in [-0.2, 0) is 12.8 Å². The number of nitrogens with one attached hydrogen (secondary N) is 1. The molecule has 1 N–H and O–H groups in total. The largest absolute Gasteiger partial charge is 0.340 e. The van der Waals surface area contributed by atoms with Crippen LogP contribution in [0.25, 0.3) is 0 Å². The topological polar surface area (TPSA) is 51.0 Å². The van der Waals surface area contributed by atoms with Crippen molar-refractivity contribution in [1.82, 2.24) is 15.5 Å². The van der Waals surface area contributed by atoms with Gasteiger partial charge in [-0.3, -0.25) is 0 Å². The third-order valence-electron chi connectivity index (χ3n) is 3.93. The van der Waals surface area contributed by atoms with Crippen molar-refractivity contribution < 1.29 is 4.52 Å². The van der Waals surface area contributed by atoms with E-state index in [0.29, 0.717) is 11.9 Å². The fourth-order valence-electron chi connectivity index (χ4n) is 2.93. The smallest absolute Gasteiger partial charge is 0.223 e. The third-order valence-corrected chi connectivity index (χ3v) is 3.93. The highest BCUT2D eigenvalue weighted by Gasteiger charge is 2.17. The number of rotatable bonds is 4. The van der Waals surface area contributed by atoms with E-state index in [1.54, 1.807) is 0 Å². The number of aryl methyl sites for hydroxylation is 2. The van der Waals surface area contributed by atoms with Gasteiger partial charge in [0.2, 0.25) is 5.89 Å². The highest BCUT2D eigenvalue weighted by Crippen LogP contribution is 2.28. The van der Waals surface area contributed by atoms with Gasteiger partial charge in [-0.1, -0.05) is 35.8 Å². The molecular formula is C16H21N3O. The molecule has 2 aromatic rings. The minimum atomic E-state index is 0.460. The van der Waals surface area contributed by atoms with Gasteiger partial charge in [0.05, 0.1) is 0 Å². The Morgan fingerprint density at radius 1 is 1.30 bits per heavy atom. The van der Waals surface area contributed by atoms with E-state index in [-0.39, 0.29) is 0 Å². The van der Waals surface area contributed by atoms with E-state index in [0.717, 1.165) is 18.8 Å². The van der Waals surface area contributed by atoms with Crippen LogP contribution in [0.15, 0.2) is 28.8 Å². The molecular weight excluding hydrogens is 250 g/mol. The van der Waals surface area contributed by atoms with Crippen LogP contribution in [0, 0.1) is 6.92 Å². The predicted molar refractivity (Wildman–Crippen MR) is 77.5 cm³/mol. The maximum absolute atomic E-state index is 4.99. The van der Waals surface area contributed by atoms with Crippen LogP contribution in [0.3, 0.4) is 0 Å². The standard InChI is InChI=1S/C16H21N3O/c1-12-18-16(19-20-12)10-11-17-15-9-5-3-7-13-6-2-4-8-14(13)15/h2,4,6,8,15,17H,3,5,7,9-11H2,1H3. The van der Waals surface area contributed by atoms with Crippen LogP contribution >= 0.6 is 0 Å². The summed E-state index contributed by atoms with van der Waals surface area (Å²) >= 11 is 0. The molecule has 1 unspecified atom stereocenters. The van der Waals surface area contributed by atoms with Crippen molar-refractivity contribution >= 4 is 0 Å². The van der Waals surface area contributed by atoms with Gasteiger partial charge in [-0.2, -0.15) is 4.98 Å². The molecule has 1 atom stereocenters. The molecule has 106 valence electrons. The summed E-state index contributed by atoms with van der Waals surface area (Å²) in [4.78, 5) is 4.24. The first-order chi connectivity index (χ1) is 9.83. The molecule has 4 heteroatoms. The SMILES string of the molecule is Cc1nc(CCNC2CCCCc3ccccc32)no1. The van der Waals surface area contributed by atoms with E-state index in [1.807, 2.05) is 6.92 Å². The second kappa shape index (κ2) is 6.18. The van der Waals surface area contributed by atoms with Gasteiger partial charge in [-0.25, -0.2) is 0 Å². The summed E-state index contributed by atoms with van der Waals surface area (Å²) in [5.74, 6) is 1.43. The molecule has 0 fully saturated rings. The molecule has 20 heavy (non-hydrogen) atoms. The summed E-state index contributed by atoms with van der Waals surface area (Å²) in [6, 6.07) is 9.26. The number of benzene rings is 1. The molecule has 0 bridgehead atoms. The maximum atomic E-state index is 4.99. The summed E-state index contributed by atoms with van der Waals surface area (Å²) in [5, 5.41) is 7.59. The first-order valence-corrected chi connectivity index (χ1v) is 7.43. The van der Waals surface area contributed by atoms with Gasteiger partial charge in [0, 0.05) is 25.9 Å². The third kappa shape index (κ3) is 3.07. The van der Waals surface area contributed by atoms with Crippen molar-refractivity contribution in [2.75, 3.05) is 6.54 Å². The van der Waals surface area contributed by atoms with E-state index < -0.39 is 0 Å². The van der Waals surface area contributed by atoms with Gasteiger partial charge in [0.25, 0.3) is 0 Å². The molecule has 0 aliphatic heterocycles. The van der Waals surface area contributed by atoms with Gasteiger partial charge < -0.3 is 9.84 Å². The van der Waals surface area contributed by atoms with Gasteiger partial charge >= 0.3 is 0 Å². The molecule has 0 radical (unpaired) electrons. The van der Waals surface area contributed by atoms with Gasteiger partial charge in [0.15, 0.2) is 5.82 Å². The Labute approximate surface area is 119 Å². The van der Waals surface area contributed by atoms with Crippen LogP contribution in [-0.4, -0.2) is 16.7 Å². The molecule has 1 aromatic carbocycles. The van der Waals surface area contributed by atoms with Gasteiger partial charge in [-0.05, 0) is 30.4 Å². The minimum Gasteiger partial charge on any atom is -0.340 e. The van der Waals surface area contributed by atoms with E-state index in [1.165, 1.54) is 36.8 Å². The van der Waals surface area contributed by atoms with Crippen LogP contribution in [0.4, 0.5) is 0 Å². The molecule has 0 amide bonds. The fraction of sp³-hybridized carbons (Fsp3) is 0.500. The van der Waals surface area contributed by atoms with Crippen molar-refractivity contribution in [2.24, 2.45) is 0 Å². The molecule has 1 heterocycles. The number of aromatic nitrogens is 2. The molecule has 0 saturated heterocycles. The Kier molecular flexibility index (Phi) is 4.11. The normalized spacial score (nSPS) is 18.6. The Balaban J connectivity index is 1.62.